The summed E-state index contributed by atoms with van der Waals surface area (Å²) in [5, 5.41) is 16.5. The molecule has 0 radical (unpaired) electrons. The van der Waals surface area contributed by atoms with Gasteiger partial charge in [0.25, 0.3) is 0 Å². The number of sulfone groups is 1. The van der Waals surface area contributed by atoms with Gasteiger partial charge in [0.1, 0.15) is 22.0 Å². The van der Waals surface area contributed by atoms with E-state index in [-0.39, 0.29) is 24.5 Å². The molecule has 0 unspecified atom stereocenters. The quantitative estimate of drug-likeness (QED) is 0.181. The van der Waals surface area contributed by atoms with Crippen molar-refractivity contribution < 1.29 is 35.8 Å². The Morgan fingerprint density at radius 1 is 0.917 bits per heavy atom. The lowest BCUT2D eigenvalue weighted by molar-refractivity contribution is 0.0513. The zero-order chi connectivity index (χ0) is 35.3. The Balaban J connectivity index is 1.87. The summed E-state index contributed by atoms with van der Waals surface area (Å²) in [6, 6.07) is 15.5. The number of alkyl carbamates (subject to hydrolysis) is 1. The van der Waals surface area contributed by atoms with E-state index in [4.69, 9.17) is 14.2 Å². The molecule has 3 aromatic carbocycles. The number of aromatic amines is 1. The Morgan fingerprint density at radius 3 is 1.92 bits per heavy atom. The molecule has 0 saturated heterocycles. The Morgan fingerprint density at radius 2 is 1.46 bits per heavy atom. The van der Waals surface area contributed by atoms with Crippen LogP contribution in [-0.2, 0) is 37.7 Å². The SMILES string of the molecule is COc1ccc(CN(Cc2ccc(OC)cc2)S(=O)(=O)c2c(S(=O)(=O)C[C@@H](C)NC(=O)OC(C)(C)C)ccc(I)c2-c2nn[nH]n2)cc1. The van der Waals surface area contributed by atoms with Crippen molar-refractivity contribution in [3.8, 4) is 22.9 Å². The third-order valence-corrected chi connectivity index (χ3v) is 11.7. The molecule has 4 aromatic rings. The standard InChI is InChI=1S/C31H37IN6O8S2/c1-20(33-30(39)46-31(2,3)4)19-47(40,41)26-16-15-25(32)27(29-34-36-37-35-29)28(26)48(42,43)38(17-21-7-11-23(44-5)12-8-21)18-22-9-13-24(45-6)14-10-22/h7-16,20H,17-19H2,1-6H3,(H,33,39)(H,34,35,36,37)/t20-/m1/s1. The van der Waals surface area contributed by atoms with Crippen LogP contribution in [-0.4, -0.2) is 79.5 Å². The molecule has 1 heterocycles. The number of aromatic nitrogens is 4. The molecule has 0 fully saturated rings. The van der Waals surface area contributed by atoms with Crippen molar-refractivity contribution in [2.45, 2.75) is 62.2 Å². The average Bonchev–Trinajstić information content (AvgIpc) is 3.54. The topological polar surface area (TPSA) is 183 Å². The smallest absolute Gasteiger partial charge is 0.407 e. The monoisotopic (exact) mass is 812 g/mol. The van der Waals surface area contributed by atoms with Gasteiger partial charge < -0.3 is 19.5 Å². The Kier molecular flexibility index (Phi) is 11.7. The summed E-state index contributed by atoms with van der Waals surface area (Å²) in [7, 11) is -5.99. The molecule has 0 spiro atoms. The van der Waals surface area contributed by atoms with Crippen LogP contribution in [0.5, 0.6) is 11.5 Å². The van der Waals surface area contributed by atoms with Gasteiger partial charge in [0.05, 0.1) is 30.4 Å². The molecule has 17 heteroatoms. The number of carbonyl (C=O) groups excluding carboxylic acids is 1. The molecule has 0 saturated carbocycles. The minimum absolute atomic E-state index is 0.0346. The summed E-state index contributed by atoms with van der Waals surface area (Å²) in [4.78, 5) is 11.4. The first-order chi connectivity index (χ1) is 22.5. The van der Waals surface area contributed by atoms with Crippen molar-refractivity contribution in [3.63, 3.8) is 0 Å². The number of carbonyl (C=O) groups is 1. The number of methoxy groups -OCH3 is 2. The summed E-state index contributed by atoms with van der Waals surface area (Å²) in [6.45, 7) is 6.29. The van der Waals surface area contributed by atoms with Crippen LogP contribution in [0.15, 0.2) is 70.5 Å². The molecule has 0 aliphatic rings. The number of hydrogen-bond acceptors (Lipinski definition) is 11. The van der Waals surface area contributed by atoms with Gasteiger partial charge in [-0.25, -0.2) is 21.6 Å². The number of tetrazole rings is 1. The van der Waals surface area contributed by atoms with E-state index in [9.17, 15) is 21.6 Å². The Hall–Kier alpha value is -3.81. The number of rotatable bonds is 13. The number of sulfonamides is 1. The summed E-state index contributed by atoms with van der Waals surface area (Å²) in [5.41, 5.74) is 0.405. The minimum Gasteiger partial charge on any atom is -0.497 e. The number of benzene rings is 3. The van der Waals surface area contributed by atoms with Crippen LogP contribution in [0.25, 0.3) is 11.4 Å². The normalized spacial score (nSPS) is 12.8. The summed E-state index contributed by atoms with van der Waals surface area (Å²) >= 11 is 1.91. The maximum atomic E-state index is 15.0. The van der Waals surface area contributed by atoms with E-state index in [0.717, 1.165) is 0 Å². The Labute approximate surface area is 293 Å². The maximum absolute atomic E-state index is 15.0. The van der Waals surface area contributed by atoms with Gasteiger partial charge in [-0.15, -0.1) is 10.2 Å². The average molecular weight is 813 g/mol. The van der Waals surface area contributed by atoms with Crippen LogP contribution in [0, 0.1) is 3.57 Å². The fourth-order valence-electron chi connectivity index (χ4n) is 4.71. The lowest BCUT2D eigenvalue weighted by Gasteiger charge is -2.26. The van der Waals surface area contributed by atoms with E-state index in [1.165, 1.54) is 37.6 Å². The van der Waals surface area contributed by atoms with Crippen molar-refractivity contribution >= 4 is 48.5 Å². The van der Waals surface area contributed by atoms with Crippen molar-refractivity contribution in [3.05, 3.63) is 75.4 Å². The summed E-state index contributed by atoms with van der Waals surface area (Å²) in [6.07, 6.45) is -0.807. The highest BCUT2D eigenvalue weighted by molar-refractivity contribution is 14.1. The van der Waals surface area contributed by atoms with E-state index < -0.39 is 53.1 Å². The summed E-state index contributed by atoms with van der Waals surface area (Å²) < 4.78 is 75.6. The molecule has 1 amide bonds. The number of ether oxygens (including phenoxy) is 3. The highest BCUT2D eigenvalue weighted by Crippen LogP contribution is 2.38. The molecule has 0 bridgehead atoms. The van der Waals surface area contributed by atoms with Crippen molar-refractivity contribution in [1.82, 2.24) is 30.2 Å². The van der Waals surface area contributed by atoms with E-state index in [2.05, 4.69) is 25.9 Å². The molecule has 0 aliphatic heterocycles. The van der Waals surface area contributed by atoms with Crippen LogP contribution in [0.1, 0.15) is 38.8 Å². The number of H-pyrrole nitrogens is 1. The van der Waals surface area contributed by atoms with Crippen LogP contribution in [0.2, 0.25) is 0 Å². The van der Waals surface area contributed by atoms with E-state index in [0.29, 0.717) is 26.2 Å². The van der Waals surface area contributed by atoms with Gasteiger partial charge in [-0.05, 0) is 103 Å². The van der Waals surface area contributed by atoms with Crippen molar-refractivity contribution in [2.75, 3.05) is 20.0 Å². The van der Waals surface area contributed by atoms with Gasteiger partial charge in [0, 0.05) is 22.7 Å². The molecular weight excluding hydrogens is 775 g/mol. The van der Waals surface area contributed by atoms with Gasteiger partial charge in [0.15, 0.2) is 9.84 Å². The van der Waals surface area contributed by atoms with Gasteiger partial charge in [-0.2, -0.15) is 9.52 Å². The minimum atomic E-state index is -4.65. The lowest BCUT2D eigenvalue weighted by atomic mass is 10.2. The zero-order valence-electron chi connectivity index (χ0n) is 27.2. The second-order valence-electron chi connectivity index (χ2n) is 11.8. The number of halogens is 1. The maximum Gasteiger partial charge on any atom is 0.407 e. The second kappa shape index (κ2) is 15.2. The zero-order valence-corrected chi connectivity index (χ0v) is 31.0. The van der Waals surface area contributed by atoms with Gasteiger partial charge >= 0.3 is 6.09 Å². The predicted molar refractivity (Wildman–Crippen MR) is 186 cm³/mol. The first-order valence-electron chi connectivity index (χ1n) is 14.6. The van der Waals surface area contributed by atoms with Crippen molar-refractivity contribution in [2.24, 2.45) is 0 Å². The highest BCUT2D eigenvalue weighted by atomic mass is 127. The lowest BCUT2D eigenvalue weighted by Crippen LogP contribution is -2.41. The molecule has 48 heavy (non-hydrogen) atoms. The largest absolute Gasteiger partial charge is 0.497 e. The molecule has 0 aliphatic carbocycles. The van der Waals surface area contributed by atoms with E-state index in [1.54, 1.807) is 69.3 Å². The molecule has 2 N–H and O–H groups in total. The fourth-order valence-corrected chi connectivity index (χ4v) is 9.54. The van der Waals surface area contributed by atoms with Gasteiger partial charge in [-0.3, -0.25) is 0 Å². The fraction of sp³-hybridized carbons (Fsp3) is 0.355. The third kappa shape index (κ3) is 9.20. The predicted octanol–water partition coefficient (Wildman–Crippen LogP) is 4.57. The molecule has 1 aromatic heterocycles. The first kappa shape index (κ1) is 37.0. The van der Waals surface area contributed by atoms with Crippen molar-refractivity contribution in [1.29, 1.82) is 0 Å². The van der Waals surface area contributed by atoms with E-state index in [1.807, 2.05) is 22.6 Å². The number of nitrogens with zero attached hydrogens (tertiary/aromatic N) is 4. The third-order valence-electron chi connectivity index (χ3n) is 6.84. The second-order valence-corrected chi connectivity index (χ2v) is 16.8. The molecule has 1 atom stereocenters. The molecule has 258 valence electrons. The number of nitrogens with one attached hydrogen (secondary N) is 2. The molecule has 4 rings (SSSR count). The van der Waals surface area contributed by atoms with Crippen LogP contribution in [0.4, 0.5) is 4.79 Å². The molecule has 14 nitrogen and oxygen atoms in total. The summed E-state index contributed by atoms with van der Waals surface area (Å²) in [5.74, 6) is 0.437. The molecular formula is C31H37IN6O8S2. The Bertz CT molecular complexity index is 1880. The van der Waals surface area contributed by atoms with Gasteiger partial charge in [-0.1, -0.05) is 24.3 Å². The number of hydrogen-bond donors (Lipinski definition) is 2. The van der Waals surface area contributed by atoms with Crippen LogP contribution < -0.4 is 14.8 Å². The van der Waals surface area contributed by atoms with E-state index >= 15 is 0 Å². The highest BCUT2D eigenvalue weighted by Gasteiger charge is 2.37. The van der Waals surface area contributed by atoms with Crippen LogP contribution >= 0.6 is 22.6 Å². The number of amides is 1. The van der Waals surface area contributed by atoms with Crippen LogP contribution in [0.3, 0.4) is 0 Å². The van der Waals surface area contributed by atoms with Gasteiger partial charge in [0.2, 0.25) is 15.8 Å². The first-order valence-corrected chi connectivity index (χ1v) is 18.8.